The molecule has 1 N–H and O–H groups in total. The fraction of sp³-hybridized carbons (Fsp3) is 0.588. The number of hydrogen-bond acceptors (Lipinski definition) is 4. The number of carbonyl (C=O) groups is 1. The predicted octanol–water partition coefficient (Wildman–Crippen LogP) is 2.30. The van der Waals surface area contributed by atoms with Gasteiger partial charge in [-0.05, 0) is 50.8 Å². The average Bonchev–Trinajstić information content (AvgIpc) is 2.46. The first kappa shape index (κ1) is 19.7. The molecule has 0 spiro atoms. The molecule has 1 aliphatic heterocycles. The molecule has 2 unspecified atom stereocenters. The van der Waals surface area contributed by atoms with Gasteiger partial charge in [-0.1, -0.05) is 12.1 Å². The first-order valence-electron chi connectivity index (χ1n) is 8.34. The van der Waals surface area contributed by atoms with Crippen LogP contribution in [0.15, 0.2) is 24.3 Å². The van der Waals surface area contributed by atoms with E-state index in [0.717, 1.165) is 6.26 Å². The van der Waals surface area contributed by atoms with Gasteiger partial charge in [0.15, 0.2) is 0 Å². The number of rotatable bonds is 5. The standard InChI is InChI=1S/C17H25FN2O4S/c1-12(2)24-17(21)20-9-5-8-15(19-25(3,22)23)16(20)11-13-6-4-7-14(18)10-13/h4,6-7,10,12,15-16,19H,5,8-9,11H2,1-3H3. The number of nitrogens with zero attached hydrogens (tertiary/aromatic N) is 1. The van der Waals surface area contributed by atoms with Gasteiger partial charge in [0.1, 0.15) is 5.82 Å². The third kappa shape index (κ3) is 5.97. The molecule has 8 heteroatoms. The van der Waals surface area contributed by atoms with Crippen LogP contribution in [0.4, 0.5) is 9.18 Å². The second kappa shape index (κ2) is 8.14. The van der Waals surface area contributed by atoms with E-state index < -0.39 is 28.2 Å². The van der Waals surface area contributed by atoms with E-state index in [0.29, 0.717) is 31.4 Å². The van der Waals surface area contributed by atoms with Crippen molar-refractivity contribution in [3.8, 4) is 0 Å². The Morgan fingerprint density at radius 3 is 2.76 bits per heavy atom. The van der Waals surface area contributed by atoms with Crippen LogP contribution in [0.3, 0.4) is 0 Å². The van der Waals surface area contributed by atoms with Crippen molar-refractivity contribution >= 4 is 16.1 Å². The molecule has 1 aliphatic rings. The molecule has 2 rings (SSSR count). The zero-order valence-electron chi connectivity index (χ0n) is 14.7. The summed E-state index contributed by atoms with van der Waals surface area (Å²) in [6.07, 6.45) is 1.97. The maximum Gasteiger partial charge on any atom is 0.410 e. The Balaban J connectivity index is 2.28. The second-order valence-electron chi connectivity index (χ2n) is 6.67. The van der Waals surface area contributed by atoms with Crippen LogP contribution in [-0.2, 0) is 21.2 Å². The summed E-state index contributed by atoms with van der Waals surface area (Å²) >= 11 is 0. The SMILES string of the molecule is CC(C)OC(=O)N1CCCC(NS(C)(=O)=O)C1Cc1cccc(F)c1. The summed E-state index contributed by atoms with van der Waals surface area (Å²) in [7, 11) is -3.43. The quantitative estimate of drug-likeness (QED) is 0.860. The molecule has 0 aromatic heterocycles. The predicted molar refractivity (Wildman–Crippen MR) is 93.2 cm³/mol. The van der Waals surface area contributed by atoms with E-state index >= 15 is 0 Å². The Kier molecular flexibility index (Phi) is 6.40. The van der Waals surface area contributed by atoms with E-state index in [2.05, 4.69) is 4.72 Å². The van der Waals surface area contributed by atoms with E-state index in [4.69, 9.17) is 4.74 Å². The summed E-state index contributed by atoms with van der Waals surface area (Å²) in [4.78, 5) is 14.0. The number of likely N-dealkylation sites (tertiary alicyclic amines) is 1. The molecule has 0 bridgehead atoms. The number of halogens is 1. The van der Waals surface area contributed by atoms with Gasteiger partial charge in [0.25, 0.3) is 0 Å². The molecule has 2 atom stereocenters. The number of sulfonamides is 1. The molecule has 140 valence electrons. The van der Waals surface area contributed by atoms with Gasteiger partial charge in [0.05, 0.1) is 18.4 Å². The molecule has 1 amide bonds. The van der Waals surface area contributed by atoms with Gasteiger partial charge in [-0.15, -0.1) is 0 Å². The molecule has 6 nitrogen and oxygen atoms in total. The van der Waals surface area contributed by atoms with Gasteiger partial charge in [-0.25, -0.2) is 22.3 Å². The molecule has 1 fully saturated rings. The molecule has 0 aliphatic carbocycles. The molecule has 0 saturated carbocycles. The molecule has 1 aromatic rings. The van der Waals surface area contributed by atoms with Crippen molar-refractivity contribution in [3.63, 3.8) is 0 Å². The first-order valence-corrected chi connectivity index (χ1v) is 10.2. The highest BCUT2D eigenvalue weighted by atomic mass is 32.2. The maximum atomic E-state index is 13.5. The lowest BCUT2D eigenvalue weighted by Gasteiger charge is -2.41. The lowest BCUT2D eigenvalue weighted by molar-refractivity contribution is 0.0461. The monoisotopic (exact) mass is 372 g/mol. The number of ether oxygens (including phenoxy) is 1. The lowest BCUT2D eigenvalue weighted by Crippen LogP contribution is -2.58. The minimum absolute atomic E-state index is 0.273. The summed E-state index contributed by atoms with van der Waals surface area (Å²) in [5.41, 5.74) is 0.703. The molecule has 0 radical (unpaired) electrons. The van der Waals surface area contributed by atoms with Gasteiger partial charge < -0.3 is 9.64 Å². The van der Waals surface area contributed by atoms with E-state index in [1.54, 1.807) is 30.9 Å². The minimum Gasteiger partial charge on any atom is -0.447 e. The smallest absolute Gasteiger partial charge is 0.410 e. The summed E-state index contributed by atoms with van der Waals surface area (Å²) in [6, 6.07) is 5.24. The Bertz CT molecular complexity index is 708. The Morgan fingerprint density at radius 1 is 1.44 bits per heavy atom. The average molecular weight is 372 g/mol. The largest absolute Gasteiger partial charge is 0.447 e. The van der Waals surface area contributed by atoms with Crippen LogP contribution in [0.1, 0.15) is 32.3 Å². The molecule has 1 saturated heterocycles. The van der Waals surface area contributed by atoms with Gasteiger partial charge in [-0.3, -0.25) is 0 Å². The van der Waals surface area contributed by atoms with Gasteiger partial charge in [-0.2, -0.15) is 0 Å². The fourth-order valence-electron chi connectivity index (χ4n) is 3.12. The molecular weight excluding hydrogens is 347 g/mol. The van der Waals surface area contributed by atoms with Crippen molar-refractivity contribution < 1.29 is 22.3 Å². The number of nitrogens with one attached hydrogen (secondary N) is 1. The van der Waals surface area contributed by atoms with Gasteiger partial charge in [0.2, 0.25) is 10.0 Å². The van der Waals surface area contributed by atoms with Crippen LogP contribution in [0.5, 0.6) is 0 Å². The number of amides is 1. The Morgan fingerprint density at radius 2 is 2.16 bits per heavy atom. The third-order valence-corrected chi connectivity index (χ3v) is 4.78. The maximum absolute atomic E-state index is 13.5. The van der Waals surface area contributed by atoms with Gasteiger partial charge >= 0.3 is 6.09 Å². The topological polar surface area (TPSA) is 75.7 Å². The van der Waals surface area contributed by atoms with Crippen LogP contribution in [-0.4, -0.2) is 50.4 Å². The van der Waals surface area contributed by atoms with Crippen molar-refractivity contribution in [2.24, 2.45) is 0 Å². The Labute approximate surface area is 148 Å². The summed E-state index contributed by atoms with van der Waals surface area (Å²) in [5.74, 6) is -0.364. The zero-order valence-corrected chi connectivity index (χ0v) is 15.6. The van der Waals surface area contributed by atoms with E-state index in [-0.39, 0.29) is 11.9 Å². The van der Waals surface area contributed by atoms with Crippen LogP contribution < -0.4 is 4.72 Å². The van der Waals surface area contributed by atoms with E-state index in [1.807, 2.05) is 0 Å². The minimum atomic E-state index is -3.43. The molecule has 1 aromatic carbocycles. The molecule has 1 heterocycles. The number of hydrogen-bond donors (Lipinski definition) is 1. The fourth-order valence-corrected chi connectivity index (χ4v) is 3.95. The number of carbonyl (C=O) groups excluding carboxylic acids is 1. The highest BCUT2D eigenvalue weighted by molar-refractivity contribution is 7.88. The first-order chi connectivity index (χ1) is 11.7. The van der Waals surface area contributed by atoms with Crippen LogP contribution in [0.2, 0.25) is 0 Å². The number of benzene rings is 1. The second-order valence-corrected chi connectivity index (χ2v) is 8.45. The third-order valence-electron chi connectivity index (χ3n) is 4.05. The van der Waals surface area contributed by atoms with Crippen molar-refractivity contribution in [2.75, 3.05) is 12.8 Å². The summed E-state index contributed by atoms with van der Waals surface area (Å²) in [6.45, 7) is 4.00. The van der Waals surface area contributed by atoms with Crippen molar-refractivity contribution in [1.29, 1.82) is 0 Å². The summed E-state index contributed by atoms with van der Waals surface area (Å²) < 4.78 is 44.8. The highest BCUT2D eigenvalue weighted by Crippen LogP contribution is 2.23. The molecular formula is C17H25FN2O4S. The summed E-state index contributed by atoms with van der Waals surface area (Å²) in [5, 5.41) is 0. The van der Waals surface area contributed by atoms with E-state index in [1.165, 1.54) is 12.1 Å². The molecule has 25 heavy (non-hydrogen) atoms. The van der Waals surface area contributed by atoms with E-state index in [9.17, 15) is 17.6 Å². The lowest BCUT2D eigenvalue weighted by atomic mass is 9.92. The normalized spacial score (nSPS) is 21.4. The Hall–Kier alpha value is -1.67. The van der Waals surface area contributed by atoms with Crippen molar-refractivity contribution in [3.05, 3.63) is 35.6 Å². The van der Waals surface area contributed by atoms with Crippen molar-refractivity contribution in [2.45, 2.75) is 51.3 Å². The number of piperidine rings is 1. The zero-order chi connectivity index (χ0) is 18.6. The van der Waals surface area contributed by atoms with Crippen LogP contribution >= 0.6 is 0 Å². The van der Waals surface area contributed by atoms with Crippen LogP contribution in [0.25, 0.3) is 0 Å². The van der Waals surface area contributed by atoms with Gasteiger partial charge in [0, 0.05) is 12.6 Å². The van der Waals surface area contributed by atoms with Crippen molar-refractivity contribution in [1.82, 2.24) is 9.62 Å². The highest BCUT2D eigenvalue weighted by Gasteiger charge is 2.36. The van der Waals surface area contributed by atoms with Crippen LogP contribution in [0, 0.1) is 5.82 Å².